The third-order valence-corrected chi connectivity index (χ3v) is 8.67. The van der Waals surface area contributed by atoms with Gasteiger partial charge in [-0.2, -0.15) is 4.31 Å². The van der Waals surface area contributed by atoms with E-state index < -0.39 is 28.3 Å². The number of sulfonamides is 1. The first-order valence-electron chi connectivity index (χ1n) is 13.5. The van der Waals surface area contributed by atoms with Gasteiger partial charge in [0.25, 0.3) is 0 Å². The molecule has 1 fully saturated rings. The van der Waals surface area contributed by atoms with Crippen LogP contribution in [0.3, 0.4) is 0 Å². The molecule has 0 spiro atoms. The SMILES string of the molecule is COc1ccc(S(=O)(=O)N(CC(C)CCC(C)=O)C[C@@H](O)[C@H](Cc2ccccc2)NC(=O)O[C@H]2CCOC2)cc1. The molecule has 1 amide bonds. The van der Waals surface area contributed by atoms with Crippen LogP contribution < -0.4 is 10.1 Å². The van der Waals surface area contributed by atoms with Crippen LogP contribution >= 0.6 is 0 Å². The molecule has 11 heteroatoms. The lowest BCUT2D eigenvalue weighted by Gasteiger charge is -2.31. The van der Waals surface area contributed by atoms with Gasteiger partial charge in [0, 0.05) is 25.9 Å². The first kappa shape index (κ1) is 31.5. The molecule has 2 aromatic carbocycles. The molecule has 1 saturated heterocycles. The molecular formula is C29H40N2O8S. The van der Waals surface area contributed by atoms with Crippen LogP contribution in [0.25, 0.3) is 0 Å². The van der Waals surface area contributed by atoms with Gasteiger partial charge in [-0.25, -0.2) is 13.2 Å². The van der Waals surface area contributed by atoms with Crippen molar-refractivity contribution in [2.75, 3.05) is 33.4 Å². The highest BCUT2D eigenvalue weighted by Crippen LogP contribution is 2.23. The van der Waals surface area contributed by atoms with Crippen LogP contribution in [0.4, 0.5) is 4.79 Å². The zero-order valence-corrected chi connectivity index (χ0v) is 24.1. The summed E-state index contributed by atoms with van der Waals surface area (Å²) in [6.45, 7) is 3.99. The van der Waals surface area contributed by atoms with Crippen LogP contribution in [-0.4, -0.2) is 81.4 Å². The largest absolute Gasteiger partial charge is 0.497 e. The first-order valence-corrected chi connectivity index (χ1v) is 14.9. The number of methoxy groups -OCH3 is 1. The summed E-state index contributed by atoms with van der Waals surface area (Å²) in [5, 5.41) is 14.1. The van der Waals surface area contributed by atoms with E-state index in [2.05, 4.69) is 5.32 Å². The number of hydrogen-bond donors (Lipinski definition) is 2. The maximum Gasteiger partial charge on any atom is 0.407 e. The van der Waals surface area contributed by atoms with Gasteiger partial charge in [0.05, 0.1) is 37.4 Å². The predicted octanol–water partition coefficient (Wildman–Crippen LogP) is 3.18. The number of ether oxygens (including phenoxy) is 3. The molecule has 2 aromatic rings. The van der Waals surface area contributed by atoms with Gasteiger partial charge in [0.1, 0.15) is 17.6 Å². The normalized spacial score (nSPS) is 17.7. The summed E-state index contributed by atoms with van der Waals surface area (Å²) in [6, 6.07) is 14.5. The minimum atomic E-state index is -4.04. The number of aliphatic hydroxyl groups is 1. The average Bonchev–Trinajstić information content (AvgIpc) is 3.44. The number of amides is 1. The highest BCUT2D eigenvalue weighted by atomic mass is 32.2. The number of rotatable bonds is 15. The smallest absolute Gasteiger partial charge is 0.407 e. The van der Waals surface area contributed by atoms with Crippen molar-refractivity contribution in [3.05, 3.63) is 60.2 Å². The van der Waals surface area contributed by atoms with Crippen molar-refractivity contribution in [1.82, 2.24) is 9.62 Å². The number of Topliss-reactive ketones (excluding diaryl/α,β-unsaturated/α-hetero) is 1. The Bertz CT molecular complexity index is 1180. The molecule has 220 valence electrons. The second-order valence-corrected chi connectivity index (χ2v) is 12.2. The zero-order chi connectivity index (χ0) is 29.1. The molecule has 0 aliphatic carbocycles. The van der Waals surface area contributed by atoms with Crippen molar-refractivity contribution >= 4 is 21.9 Å². The quantitative estimate of drug-likeness (QED) is 0.331. The van der Waals surface area contributed by atoms with Gasteiger partial charge in [-0.3, -0.25) is 0 Å². The summed E-state index contributed by atoms with van der Waals surface area (Å²) >= 11 is 0. The molecule has 1 aliphatic heterocycles. The van der Waals surface area contributed by atoms with E-state index in [4.69, 9.17) is 14.2 Å². The zero-order valence-electron chi connectivity index (χ0n) is 23.3. The number of carbonyl (C=O) groups excluding carboxylic acids is 2. The summed E-state index contributed by atoms with van der Waals surface area (Å²) in [7, 11) is -2.54. The topological polar surface area (TPSA) is 131 Å². The van der Waals surface area contributed by atoms with E-state index in [0.717, 1.165) is 5.56 Å². The molecule has 40 heavy (non-hydrogen) atoms. The number of nitrogens with zero attached hydrogens (tertiary/aromatic N) is 1. The number of ketones is 1. The maximum atomic E-state index is 13.8. The molecule has 4 atom stereocenters. The van der Waals surface area contributed by atoms with Gasteiger partial charge in [-0.05, 0) is 55.5 Å². The number of benzene rings is 2. The van der Waals surface area contributed by atoms with Crippen LogP contribution in [0.15, 0.2) is 59.5 Å². The Hall–Kier alpha value is -2.99. The maximum absolute atomic E-state index is 13.8. The van der Waals surface area contributed by atoms with Gasteiger partial charge >= 0.3 is 6.09 Å². The van der Waals surface area contributed by atoms with Crippen LogP contribution in [0.1, 0.15) is 38.7 Å². The molecule has 0 bridgehead atoms. The minimum Gasteiger partial charge on any atom is -0.497 e. The van der Waals surface area contributed by atoms with Gasteiger partial charge in [-0.1, -0.05) is 37.3 Å². The molecule has 1 heterocycles. The van der Waals surface area contributed by atoms with Crippen LogP contribution in [0.2, 0.25) is 0 Å². The highest BCUT2D eigenvalue weighted by molar-refractivity contribution is 7.89. The Morgan fingerprint density at radius 2 is 1.82 bits per heavy atom. The van der Waals surface area contributed by atoms with Crippen molar-refractivity contribution < 1.29 is 37.3 Å². The van der Waals surface area contributed by atoms with Crippen molar-refractivity contribution in [3.8, 4) is 5.75 Å². The average molecular weight is 577 g/mol. The number of aliphatic hydroxyl groups excluding tert-OH is 1. The Morgan fingerprint density at radius 1 is 1.12 bits per heavy atom. The fraction of sp³-hybridized carbons (Fsp3) is 0.517. The molecule has 3 rings (SSSR count). The standard InChI is InChI=1S/C29H40N2O8S/c1-21(9-10-22(2)32)18-31(40(35,36)26-13-11-24(37-3)12-14-26)19-28(33)27(17-23-7-5-4-6-8-23)30-29(34)39-25-15-16-38-20-25/h4-8,11-14,21,25,27-28,33H,9-10,15-20H2,1-3H3,(H,30,34)/t21?,25-,27-,28+/m0/s1. The summed E-state index contributed by atoms with van der Waals surface area (Å²) in [6.07, 6.45) is -0.657. The molecule has 0 saturated carbocycles. The number of nitrogens with one attached hydrogen (secondary N) is 1. The fourth-order valence-electron chi connectivity index (χ4n) is 4.49. The third-order valence-electron chi connectivity index (χ3n) is 6.82. The van der Waals surface area contributed by atoms with E-state index >= 15 is 0 Å². The summed E-state index contributed by atoms with van der Waals surface area (Å²) in [5.74, 6) is 0.380. The number of alkyl carbamates (subject to hydrolysis) is 1. The van der Waals surface area contributed by atoms with Crippen molar-refractivity contribution in [1.29, 1.82) is 0 Å². The van der Waals surface area contributed by atoms with Crippen LogP contribution in [-0.2, 0) is 30.7 Å². The molecule has 0 radical (unpaired) electrons. The van der Waals surface area contributed by atoms with E-state index in [0.29, 0.717) is 38.2 Å². The van der Waals surface area contributed by atoms with E-state index in [1.54, 1.807) is 12.1 Å². The second kappa shape index (κ2) is 15.1. The molecule has 1 aliphatic rings. The summed E-state index contributed by atoms with van der Waals surface area (Å²) in [4.78, 5) is 24.3. The van der Waals surface area contributed by atoms with E-state index in [-0.39, 0.29) is 42.2 Å². The molecule has 0 aromatic heterocycles. The van der Waals surface area contributed by atoms with E-state index in [9.17, 15) is 23.1 Å². The number of carbonyl (C=O) groups is 2. The lowest BCUT2D eigenvalue weighted by Crippen LogP contribution is -2.51. The Morgan fingerprint density at radius 3 is 2.42 bits per heavy atom. The number of hydrogen-bond acceptors (Lipinski definition) is 8. The summed E-state index contributed by atoms with van der Waals surface area (Å²) < 4.78 is 44.6. The summed E-state index contributed by atoms with van der Waals surface area (Å²) in [5.41, 5.74) is 0.857. The van der Waals surface area contributed by atoms with Crippen LogP contribution in [0, 0.1) is 5.92 Å². The second-order valence-electron chi connectivity index (χ2n) is 10.2. The van der Waals surface area contributed by atoms with E-state index in [1.165, 1.54) is 30.5 Å². The molecule has 2 N–H and O–H groups in total. The highest BCUT2D eigenvalue weighted by Gasteiger charge is 2.32. The Balaban J connectivity index is 1.84. The monoisotopic (exact) mass is 576 g/mol. The van der Waals surface area contributed by atoms with Gasteiger partial charge in [0.2, 0.25) is 10.0 Å². The fourth-order valence-corrected chi connectivity index (χ4v) is 6.06. The predicted molar refractivity (Wildman–Crippen MR) is 150 cm³/mol. The Labute approximate surface area is 236 Å². The van der Waals surface area contributed by atoms with Crippen molar-refractivity contribution in [3.63, 3.8) is 0 Å². The molecular weight excluding hydrogens is 536 g/mol. The van der Waals surface area contributed by atoms with Gasteiger partial charge < -0.3 is 29.4 Å². The van der Waals surface area contributed by atoms with Crippen molar-refractivity contribution in [2.24, 2.45) is 5.92 Å². The lowest BCUT2D eigenvalue weighted by atomic mass is 10.0. The molecule has 10 nitrogen and oxygen atoms in total. The minimum absolute atomic E-state index is 0.0229. The van der Waals surface area contributed by atoms with Crippen LogP contribution in [0.5, 0.6) is 5.75 Å². The third kappa shape index (κ3) is 9.58. The van der Waals surface area contributed by atoms with E-state index in [1.807, 2.05) is 37.3 Å². The first-order chi connectivity index (χ1) is 19.1. The lowest BCUT2D eigenvalue weighted by molar-refractivity contribution is -0.117. The Kier molecular flexibility index (Phi) is 11.9. The van der Waals surface area contributed by atoms with Crippen molar-refractivity contribution in [2.45, 2.75) is 62.7 Å². The van der Waals surface area contributed by atoms with Gasteiger partial charge in [-0.15, -0.1) is 0 Å². The molecule has 1 unspecified atom stereocenters. The van der Waals surface area contributed by atoms with Gasteiger partial charge in [0.15, 0.2) is 0 Å².